The zero-order chi connectivity index (χ0) is 17.1. The van der Waals surface area contributed by atoms with Gasteiger partial charge >= 0.3 is 0 Å². The van der Waals surface area contributed by atoms with Crippen molar-refractivity contribution < 1.29 is 13.6 Å². The van der Waals surface area contributed by atoms with Crippen LogP contribution in [0.1, 0.15) is 21.8 Å². The first-order valence-electron chi connectivity index (χ1n) is 7.43. The fourth-order valence-electron chi connectivity index (χ4n) is 2.25. The number of carbonyl (C=O) groups excluding carboxylic acids is 1. The third kappa shape index (κ3) is 3.48. The van der Waals surface area contributed by atoms with Crippen LogP contribution >= 0.6 is 0 Å². The van der Waals surface area contributed by atoms with Gasteiger partial charge in [0.2, 0.25) is 11.8 Å². The van der Waals surface area contributed by atoms with Gasteiger partial charge in [-0.1, -0.05) is 23.8 Å². The number of hydrogen-bond acceptors (Lipinski definition) is 4. The van der Waals surface area contributed by atoms with Crippen molar-refractivity contribution in [3.63, 3.8) is 0 Å². The van der Waals surface area contributed by atoms with Gasteiger partial charge in [-0.3, -0.25) is 4.79 Å². The van der Waals surface area contributed by atoms with Gasteiger partial charge in [-0.15, -0.1) is 10.2 Å². The molecule has 0 saturated heterocycles. The van der Waals surface area contributed by atoms with Crippen LogP contribution in [0, 0.1) is 12.7 Å². The van der Waals surface area contributed by atoms with E-state index < -0.39 is 5.82 Å². The molecule has 0 saturated carbocycles. The Bertz CT molecular complexity index is 859. The zero-order valence-corrected chi connectivity index (χ0v) is 13.4. The molecule has 6 heteroatoms. The summed E-state index contributed by atoms with van der Waals surface area (Å²) < 4.78 is 18.8. The molecule has 0 aliphatic carbocycles. The summed E-state index contributed by atoms with van der Waals surface area (Å²) in [7, 11) is 1.60. The maximum Gasteiger partial charge on any atom is 0.254 e. The molecule has 0 aliphatic heterocycles. The predicted octanol–water partition coefficient (Wildman–Crippen LogP) is 3.46. The molecule has 1 amide bonds. The van der Waals surface area contributed by atoms with Gasteiger partial charge in [0.15, 0.2) is 0 Å². The Hall–Kier alpha value is -3.02. The lowest BCUT2D eigenvalue weighted by atomic mass is 10.1. The van der Waals surface area contributed by atoms with Gasteiger partial charge in [0.25, 0.3) is 5.91 Å². The van der Waals surface area contributed by atoms with E-state index >= 15 is 0 Å². The zero-order valence-electron chi connectivity index (χ0n) is 13.4. The third-order valence-electron chi connectivity index (χ3n) is 3.56. The van der Waals surface area contributed by atoms with Crippen LogP contribution in [0.4, 0.5) is 4.39 Å². The molecule has 1 heterocycles. The first-order chi connectivity index (χ1) is 11.5. The number of rotatable bonds is 4. The number of amides is 1. The Morgan fingerprint density at radius 3 is 2.62 bits per heavy atom. The van der Waals surface area contributed by atoms with E-state index in [0.717, 1.165) is 11.1 Å². The lowest BCUT2D eigenvalue weighted by molar-refractivity contribution is 0.0772. The summed E-state index contributed by atoms with van der Waals surface area (Å²) in [5, 5.41) is 7.96. The Morgan fingerprint density at radius 1 is 1.17 bits per heavy atom. The number of benzene rings is 2. The highest BCUT2D eigenvalue weighted by Gasteiger charge is 2.16. The van der Waals surface area contributed by atoms with E-state index in [4.69, 9.17) is 4.42 Å². The lowest BCUT2D eigenvalue weighted by Gasteiger charge is -2.14. The van der Waals surface area contributed by atoms with Crippen LogP contribution < -0.4 is 0 Å². The molecule has 0 aliphatic rings. The number of nitrogens with zero attached hydrogens (tertiary/aromatic N) is 3. The molecule has 0 atom stereocenters. The highest BCUT2D eigenvalue weighted by Crippen LogP contribution is 2.19. The molecule has 0 unspecified atom stereocenters. The topological polar surface area (TPSA) is 59.2 Å². The minimum Gasteiger partial charge on any atom is -0.419 e. The standard InChI is InChI=1S/C18H16FN3O2/c1-12-6-8-13(9-7-12)17-21-20-16(24-17)11-22(2)18(23)14-4-3-5-15(19)10-14/h3-10H,11H2,1-2H3. The van der Waals surface area contributed by atoms with Crippen molar-refractivity contribution >= 4 is 5.91 Å². The number of carbonyl (C=O) groups is 1. The minimum atomic E-state index is -0.450. The second-order valence-electron chi connectivity index (χ2n) is 5.54. The number of aryl methyl sites for hydroxylation is 1. The van der Waals surface area contributed by atoms with Crippen LogP contribution in [0.2, 0.25) is 0 Å². The van der Waals surface area contributed by atoms with Crippen LogP contribution in [-0.2, 0) is 6.54 Å². The molecule has 3 aromatic rings. The normalized spacial score (nSPS) is 10.6. The van der Waals surface area contributed by atoms with Crippen molar-refractivity contribution in [1.29, 1.82) is 0 Å². The summed E-state index contributed by atoms with van der Waals surface area (Å²) in [6.07, 6.45) is 0. The number of hydrogen-bond donors (Lipinski definition) is 0. The van der Waals surface area contributed by atoms with Crippen molar-refractivity contribution in [3.05, 3.63) is 71.4 Å². The van der Waals surface area contributed by atoms with E-state index in [2.05, 4.69) is 10.2 Å². The molecule has 122 valence electrons. The molecular weight excluding hydrogens is 309 g/mol. The summed E-state index contributed by atoms with van der Waals surface area (Å²) in [5.74, 6) is -0.0484. The molecule has 0 bridgehead atoms. The average Bonchev–Trinajstić information content (AvgIpc) is 3.03. The largest absolute Gasteiger partial charge is 0.419 e. The molecule has 0 spiro atoms. The van der Waals surface area contributed by atoms with Crippen molar-refractivity contribution in [2.24, 2.45) is 0 Å². The smallest absolute Gasteiger partial charge is 0.254 e. The van der Waals surface area contributed by atoms with Crippen molar-refractivity contribution in [2.75, 3.05) is 7.05 Å². The quantitative estimate of drug-likeness (QED) is 0.737. The van der Waals surface area contributed by atoms with E-state index in [1.54, 1.807) is 13.1 Å². The van der Waals surface area contributed by atoms with Gasteiger partial charge in [-0.2, -0.15) is 0 Å². The Morgan fingerprint density at radius 2 is 1.92 bits per heavy atom. The van der Waals surface area contributed by atoms with Gasteiger partial charge in [-0.25, -0.2) is 4.39 Å². The molecule has 0 N–H and O–H groups in total. The molecule has 0 radical (unpaired) electrons. The lowest BCUT2D eigenvalue weighted by Crippen LogP contribution is -2.26. The summed E-state index contributed by atoms with van der Waals surface area (Å²) in [5.41, 5.74) is 2.23. The first kappa shape index (κ1) is 15.9. The van der Waals surface area contributed by atoms with Crippen molar-refractivity contribution in [3.8, 4) is 11.5 Å². The highest BCUT2D eigenvalue weighted by atomic mass is 19.1. The van der Waals surface area contributed by atoms with Gasteiger partial charge in [0, 0.05) is 18.2 Å². The highest BCUT2D eigenvalue weighted by molar-refractivity contribution is 5.93. The molecular formula is C18H16FN3O2. The maximum absolute atomic E-state index is 13.2. The van der Waals surface area contributed by atoms with Crippen molar-refractivity contribution in [1.82, 2.24) is 15.1 Å². The van der Waals surface area contributed by atoms with Crippen LogP contribution in [-0.4, -0.2) is 28.1 Å². The summed E-state index contributed by atoms with van der Waals surface area (Å²) in [4.78, 5) is 13.7. The van der Waals surface area contributed by atoms with Crippen LogP contribution in [0.5, 0.6) is 0 Å². The van der Waals surface area contributed by atoms with E-state index in [0.29, 0.717) is 11.8 Å². The summed E-state index contributed by atoms with van der Waals surface area (Å²) >= 11 is 0. The van der Waals surface area contributed by atoms with Gasteiger partial charge in [-0.05, 0) is 37.3 Å². The number of aromatic nitrogens is 2. The average molecular weight is 325 g/mol. The van der Waals surface area contributed by atoms with Crippen LogP contribution in [0.15, 0.2) is 52.9 Å². The van der Waals surface area contributed by atoms with Gasteiger partial charge in [0.1, 0.15) is 5.82 Å². The molecule has 2 aromatic carbocycles. The molecule has 3 rings (SSSR count). The van der Waals surface area contributed by atoms with Crippen LogP contribution in [0.3, 0.4) is 0 Å². The fourth-order valence-corrected chi connectivity index (χ4v) is 2.25. The van der Waals surface area contributed by atoms with E-state index in [9.17, 15) is 9.18 Å². The maximum atomic E-state index is 13.2. The van der Waals surface area contributed by atoms with E-state index in [1.165, 1.54) is 23.1 Å². The number of halogens is 1. The predicted molar refractivity (Wildman–Crippen MR) is 86.7 cm³/mol. The summed E-state index contributed by atoms with van der Waals surface area (Å²) in [6.45, 7) is 2.14. The van der Waals surface area contributed by atoms with E-state index in [1.807, 2.05) is 31.2 Å². The molecule has 24 heavy (non-hydrogen) atoms. The molecule has 5 nitrogen and oxygen atoms in total. The first-order valence-corrected chi connectivity index (χ1v) is 7.43. The molecule has 1 aromatic heterocycles. The fraction of sp³-hybridized carbons (Fsp3) is 0.167. The second-order valence-corrected chi connectivity index (χ2v) is 5.54. The van der Waals surface area contributed by atoms with Gasteiger partial charge < -0.3 is 9.32 Å². The van der Waals surface area contributed by atoms with E-state index in [-0.39, 0.29) is 18.0 Å². The minimum absolute atomic E-state index is 0.147. The SMILES string of the molecule is Cc1ccc(-c2nnc(CN(C)C(=O)c3cccc(F)c3)o2)cc1. The molecule has 0 fully saturated rings. The Labute approximate surface area is 138 Å². The summed E-state index contributed by atoms with van der Waals surface area (Å²) in [6, 6.07) is 13.3. The van der Waals surface area contributed by atoms with Crippen LogP contribution in [0.25, 0.3) is 11.5 Å². The monoisotopic (exact) mass is 325 g/mol. The Balaban J connectivity index is 1.72. The third-order valence-corrected chi connectivity index (χ3v) is 3.56. The van der Waals surface area contributed by atoms with Gasteiger partial charge in [0.05, 0.1) is 6.54 Å². The Kier molecular flexibility index (Phi) is 4.37. The van der Waals surface area contributed by atoms with Crippen molar-refractivity contribution in [2.45, 2.75) is 13.5 Å². The second kappa shape index (κ2) is 6.62.